The standard InChI is InChI=1S/C28H24FN3O4/c1-36-22-12-6-18(7-13-22)27(34)31(15-14-19-17-30-24-5-3-2-4-23(19)24)25-16-26(33)32(28(25)35)21-10-8-20(29)9-11-21/h2-13,17,25,30H,14-16H2,1H3. The fraction of sp³-hybridized carbons (Fsp3) is 0.179. The van der Waals surface area contributed by atoms with Crippen LogP contribution in [0.4, 0.5) is 10.1 Å². The van der Waals surface area contributed by atoms with E-state index < -0.39 is 23.7 Å². The number of hydrogen-bond acceptors (Lipinski definition) is 4. The van der Waals surface area contributed by atoms with Gasteiger partial charge in [-0.1, -0.05) is 18.2 Å². The molecule has 8 heteroatoms. The number of nitrogens with zero attached hydrogens (tertiary/aromatic N) is 2. The molecule has 0 aliphatic carbocycles. The minimum absolute atomic E-state index is 0.147. The van der Waals surface area contributed by atoms with Crippen molar-refractivity contribution in [3.63, 3.8) is 0 Å². The number of ether oxygens (including phenoxy) is 1. The van der Waals surface area contributed by atoms with E-state index in [-0.39, 0.29) is 24.6 Å². The molecule has 1 aliphatic rings. The molecule has 0 saturated carbocycles. The molecule has 182 valence electrons. The van der Waals surface area contributed by atoms with Gasteiger partial charge in [-0.3, -0.25) is 14.4 Å². The van der Waals surface area contributed by atoms with Crippen LogP contribution in [0.5, 0.6) is 5.75 Å². The predicted octanol–water partition coefficient (Wildman–Crippen LogP) is 4.33. The third kappa shape index (κ3) is 4.33. The first-order valence-electron chi connectivity index (χ1n) is 11.6. The summed E-state index contributed by atoms with van der Waals surface area (Å²) in [4.78, 5) is 45.7. The van der Waals surface area contributed by atoms with Crippen LogP contribution in [0.1, 0.15) is 22.3 Å². The van der Waals surface area contributed by atoms with Crippen LogP contribution >= 0.6 is 0 Å². The zero-order valence-corrected chi connectivity index (χ0v) is 19.6. The largest absolute Gasteiger partial charge is 0.497 e. The van der Waals surface area contributed by atoms with Gasteiger partial charge in [-0.05, 0) is 66.6 Å². The molecule has 3 aromatic carbocycles. The summed E-state index contributed by atoms with van der Waals surface area (Å²) < 4.78 is 18.6. The molecule has 2 heterocycles. The average Bonchev–Trinajstić information content (AvgIpc) is 3.45. The number of carbonyl (C=O) groups excluding carboxylic acids is 3. The van der Waals surface area contributed by atoms with E-state index in [2.05, 4.69) is 4.98 Å². The first-order chi connectivity index (χ1) is 17.5. The summed E-state index contributed by atoms with van der Waals surface area (Å²) in [5.74, 6) is -1.16. The molecule has 1 fully saturated rings. The number of amides is 3. The number of benzene rings is 3. The van der Waals surface area contributed by atoms with Crippen LogP contribution in [0.2, 0.25) is 0 Å². The van der Waals surface area contributed by atoms with Crippen molar-refractivity contribution >= 4 is 34.3 Å². The highest BCUT2D eigenvalue weighted by Gasteiger charge is 2.44. The van der Waals surface area contributed by atoms with Crippen LogP contribution in [-0.2, 0) is 16.0 Å². The number of aromatic amines is 1. The monoisotopic (exact) mass is 485 g/mol. The fourth-order valence-electron chi connectivity index (χ4n) is 4.60. The molecule has 36 heavy (non-hydrogen) atoms. The molecule has 1 unspecified atom stereocenters. The lowest BCUT2D eigenvalue weighted by Crippen LogP contribution is -2.46. The number of nitrogens with one attached hydrogen (secondary N) is 1. The van der Waals surface area contributed by atoms with E-state index in [4.69, 9.17) is 4.74 Å². The van der Waals surface area contributed by atoms with Crippen molar-refractivity contribution in [2.45, 2.75) is 18.9 Å². The highest BCUT2D eigenvalue weighted by molar-refractivity contribution is 6.23. The highest BCUT2D eigenvalue weighted by atomic mass is 19.1. The van der Waals surface area contributed by atoms with Gasteiger partial charge in [-0.15, -0.1) is 0 Å². The van der Waals surface area contributed by atoms with Gasteiger partial charge < -0.3 is 14.6 Å². The zero-order chi connectivity index (χ0) is 25.2. The first kappa shape index (κ1) is 23.3. The van der Waals surface area contributed by atoms with E-state index in [9.17, 15) is 18.8 Å². The smallest absolute Gasteiger partial charge is 0.257 e. The van der Waals surface area contributed by atoms with Crippen molar-refractivity contribution in [1.82, 2.24) is 9.88 Å². The summed E-state index contributed by atoms with van der Waals surface area (Å²) in [5.41, 5.74) is 2.65. The Morgan fingerprint density at radius 2 is 1.78 bits per heavy atom. The minimum Gasteiger partial charge on any atom is -0.497 e. The lowest BCUT2D eigenvalue weighted by Gasteiger charge is -2.28. The summed E-state index contributed by atoms with van der Waals surface area (Å²) in [7, 11) is 1.54. The highest BCUT2D eigenvalue weighted by Crippen LogP contribution is 2.28. The molecule has 3 amide bonds. The predicted molar refractivity (Wildman–Crippen MR) is 133 cm³/mol. The van der Waals surface area contributed by atoms with Gasteiger partial charge in [0, 0.05) is 29.2 Å². The topological polar surface area (TPSA) is 82.7 Å². The first-order valence-corrected chi connectivity index (χ1v) is 11.6. The number of halogens is 1. The quantitative estimate of drug-likeness (QED) is 0.395. The number of carbonyl (C=O) groups is 3. The molecule has 0 radical (unpaired) electrons. The Morgan fingerprint density at radius 3 is 2.50 bits per heavy atom. The summed E-state index contributed by atoms with van der Waals surface area (Å²) >= 11 is 0. The number of fused-ring (bicyclic) bond motifs is 1. The molecule has 1 aliphatic heterocycles. The van der Waals surface area contributed by atoms with Gasteiger partial charge in [0.2, 0.25) is 5.91 Å². The minimum atomic E-state index is -0.970. The number of anilines is 1. The Hall–Kier alpha value is -4.46. The van der Waals surface area contributed by atoms with Crippen LogP contribution in [-0.4, -0.2) is 47.3 Å². The van der Waals surface area contributed by atoms with Crippen LogP contribution in [0, 0.1) is 5.82 Å². The summed E-state index contributed by atoms with van der Waals surface area (Å²) in [6.45, 7) is 0.230. The van der Waals surface area contributed by atoms with Gasteiger partial charge in [0.25, 0.3) is 11.8 Å². The molecule has 7 nitrogen and oxygen atoms in total. The number of para-hydroxylation sites is 1. The van der Waals surface area contributed by atoms with Crippen molar-refractivity contribution < 1.29 is 23.5 Å². The van der Waals surface area contributed by atoms with Crippen LogP contribution < -0.4 is 9.64 Å². The molecule has 1 aromatic heterocycles. The number of H-pyrrole nitrogens is 1. The van der Waals surface area contributed by atoms with Crippen LogP contribution in [0.3, 0.4) is 0 Å². The molecule has 1 saturated heterocycles. The third-order valence-corrected chi connectivity index (χ3v) is 6.48. The van der Waals surface area contributed by atoms with Gasteiger partial charge in [0.1, 0.15) is 17.6 Å². The molecule has 4 aromatic rings. The molecular weight excluding hydrogens is 461 g/mol. The number of aromatic nitrogens is 1. The molecule has 5 rings (SSSR count). The van der Waals surface area contributed by atoms with Gasteiger partial charge in [-0.25, -0.2) is 9.29 Å². The summed E-state index contributed by atoms with van der Waals surface area (Å²) in [6, 6.07) is 18.7. The normalized spacial score (nSPS) is 15.5. The van der Waals surface area contributed by atoms with E-state index >= 15 is 0 Å². The maximum absolute atomic E-state index is 13.6. The maximum atomic E-state index is 13.6. The second-order valence-corrected chi connectivity index (χ2v) is 8.60. The lowest BCUT2D eigenvalue weighted by atomic mass is 10.1. The molecule has 0 spiro atoms. The van der Waals surface area contributed by atoms with E-state index in [1.54, 1.807) is 24.3 Å². The average molecular weight is 486 g/mol. The van der Waals surface area contributed by atoms with Gasteiger partial charge in [-0.2, -0.15) is 0 Å². The van der Waals surface area contributed by atoms with Gasteiger partial charge in [0.05, 0.1) is 19.2 Å². The van der Waals surface area contributed by atoms with Crippen LogP contribution in [0.25, 0.3) is 10.9 Å². The van der Waals surface area contributed by atoms with Gasteiger partial charge >= 0.3 is 0 Å². The number of rotatable bonds is 7. The van der Waals surface area contributed by atoms with Crippen molar-refractivity contribution in [1.29, 1.82) is 0 Å². The van der Waals surface area contributed by atoms with E-state index in [1.807, 2.05) is 30.5 Å². The van der Waals surface area contributed by atoms with E-state index in [0.29, 0.717) is 17.7 Å². The number of imide groups is 1. The van der Waals surface area contributed by atoms with E-state index in [0.717, 1.165) is 21.4 Å². The third-order valence-electron chi connectivity index (χ3n) is 6.48. The van der Waals surface area contributed by atoms with E-state index in [1.165, 1.54) is 36.3 Å². The Bertz CT molecular complexity index is 1430. The van der Waals surface area contributed by atoms with Gasteiger partial charge in [0.15, 0.2) is 0 Å². The van der Waals surface area contributed by atoms with Crippen LogP contribution in [0.15, 0.2) is 79.0 Å². The van der Waals surface area contributed by atoms with Crippen molar-refractivity contribution in [3.8, 4) is 5.75 Å². The zero-order valence-electron chi connectivity index (χ0n) is 19.6. The molecular formula is C28H24FN3O4. The second-order valence-electron chi connectivity index (χ2n) is 8.60. The summed E-state index contributed by atoms with van der Waals surface area (Å²) in [6.07, 6.45) is 2.24. The number of methoxy groups -OCH3 is 1. The molecule has 1 N–H and O–H groups in total. The van der Waals surface area contributed by atoms with Crippen molar-refractivity contribution in [3.05, 3.63) is 95.9 Å². The Morgan fingerprint density at radius 1 is 1.06 bits per heavy atom. The second kappa shape index (κ2) is 9.65. The van der Waals surface area contributed by atoms with Crippen molar-refractivity contribution in [2.24, 2.45) is 0 Å². The Kier molecular flexibility index (Phi) is 6.25. The molecule has 1 atom stereocenters. The Labute approximate surface area is 207 Å². The number of hydrogen-bond donors (Lipinski definition) is 1. The fourth-order valence-corrected chi connectivity index (χ4v) is 4.60. The van der Waals surface area contributed by atoms with Crippen molar-refractivity contribution in [2.75, 3.05) is 18.6 Å². The molecule has 0 bridgehead atoms. The maximum Gasteiger partial charge on any atom is 0.257 e. The Balaban J connectivity index is 1.45. The SMILES string of the molecule is COc1ccc(C(=O)N(CCc2c[nH]c3ccccc23)C2CC(=O)N(c3ccc(F)cc3)C2=O)cc1. The summed E-state index contributed by atoms with van der Waals surface area (Å²) in [5, 5.41) is 1.04. The lowest BCUT2D eigenvalue weighted by molar-refractivity contribution is -0.122.